The number of carbonyl (C=O) groups excluding carboxylic acids is 1. The first-order valence-corrected chi connectivity index (χ1v) is 13.4. The van der Waals surface area contributed by atoms with E-state index in [-0.39, 0.29) is 35.0 Å². The first-order valence-electron chi connectivity index (χ1n) is 13.4. The largest absolute Gasteiger partial charge is 0.489 e. The maximum absolute atomic E-state index is 11.2. The Kier molecular flexibility index (Phi) is 9.73. The summed E-state index contributed by atoms with van der Waals surface area (Å²) < 4.78 is 7.71. The minimum absolute atomic E-state index is 0.0713. The van der Waals surface area contributed by atoms with E-state index in [4.69, 9.17) is 20.7 Å². The highest BCUT2D eigenvalue weighted by molar-refractivity contribution is 5.97. The quantitative estimate of drug-likeness (QED) is 0.194. The van der Waals surface area contributed by atoms with Gasteiger partial charge in [-0.25, -0.2) is 9.59 Å². The Morgan fingerprint density at radius 3 is 1.90 bits per heavy atom. The summed E-state index contributed by atoms with van der Waals surface area (Å²) in [5.74, 6) is -2.43. The van der Waals surface area contributed by atoms with Gasteiger partial charge in [-0.1, -0.05) is 78.9 Å². The number of aromatic carboxylic acids is 2. The van der Waals surface area contributed by atoms with Crippen LogP contribution < -0.4 is 10.5 Å². The topological polar surface area (TPSA) is 132 Å². The van der Waals surface area contributed by atoms with E-state index >= 15 is 0 Å². The number of carbonyl (C=O) groups is 3. The average molecular weight is 565 g/mol. The number of primary amides is 1. The highest BCUT2D eigenvalue weighted by Crippen LogP contribution is 2.24. The van der Waals surface area contributed by atoms with E-state index in [1.165, 1.54) is 24.6 Å². The molecule has 0 saturated heterocycles. The fourth-order valence-electron chi connectivity index (χ4n) is 4.69. The molecule has 0 aliphatic carbocycles. The molecule has 0 spiro atoms. The van der Waals surface area contributed by atoms with Crippen LogP contribution in [0.4, 0.5) is 0 Å². The zero-order chi connectivity index (χ0) is 30.1. The number of rotatable bonds is 10. The average Bonchev–Trinajstić information content (AvgIpc) is 3.33. The number of carboxylic acid groups (broad SMARTS) is 2. The SMILES string of the molecule is Cc1c(C(=O)O)cc(OCc2ccccc2)cc1C(=O)O.NC(=O)Cc1cn(CCc2ccccc2)c2ccccc12. The Balaban J connectivity index is 0.000000193. The van der Waals surface area contributed by atoms with Gasteiger partial charge < -0.3 is 25.3 Å². The monoisotopic (exact) mass is 564 g/mol. The molecule has 0 aliphatic rings. The predicted molar refractivity (Wildman–Crippen MR) is 161 cm³/mol. The normalized spacial score (nSPS) is 10.5. The van der Waals surface area contributed by atoms with Crippen LogP contribution in [0, 0.1) is 6.92 Å². The summed E-state index contributed by atoms with van der Waals surface area (Å²) in [4.78, 5) is 33.6. The minimum atomic E-state index is -1.18. The van der Waals surface area contributed by atoms with Gasteiger partial charge in [-0.05, 0) is 53.8 Å². The lowest BCUT2D eigenvalue weighted by Crippen LogP contribution is -2.13. The van der Waals surface area contributed by atoms with Gasteiger partial charge in [-0.3, -0.25) is 4.79 Å². The van der Waals surface area contributed by atoms with Crippen LogP contribution in [0.25, 0.3) is 10.9 Å². The Morgan fingerprint density at radius 2 is 1.33 bits per heavy atom. The fraction of sp³-hybridized carbons (Fsp3) is 0.147. The lowest BCUT2D eigenvalue weighted by Gasteiger charge is -2.11. The van der Waals surface area contributed by atoms with E-state index in [9.17, 15) is 14.4 Å². The van der Waals surface area contributed by atoms with Crippen LogP contribution >= 0.6 is 0 Å². The van der Waals surface area contributed by atoms with Crippen molar-refractivity contribution in [2.45, 2.75) is 32.9 Å². The van der Waals surface area contributed by atoms with Gasteiger partial charge in [-0.2, -0.15) is 0 Å². The molecule has 5 aromatic rings. The van der Waals surface area contributed by atoms with Crippen molar-refractivity contribution < 1.29 is 29.3 Å². The third kappa shape index (κ3) is 7.63. The summed E-state index contributed by atoms with van der Waals surface area (Å²) in [6.07, 6.45) is 3.31. The van der Waals surface area contributed by atoms with Crippen LogP contribution in [0.5, 0.6) is 5.75 Å². The molecule has 1 heterocycles. The maximum atomic E-state index is 11.2. The Hall–Kier alpha value is -5.37. The number of hydrogen-bond acceptors (Lipinski definition) is 4. The molecule has 0 atom stereocenters. The smallest absolute Gasteiger partial charge is 0.336 e. The van der Waals surface area contributed by atoms with Crippen LogP contribution in [-0.2, 0) is 30.8 Å². The summed E-state index contributed by atoms with van der Waals surface area (Å²) in [5.41, 5.74) is 9.79. The van der Waals surface area contributed by atoms with Crippen molar-refractivity contribution in [1.82, 2.24) is 4.57 Å². The summed E-state index contributed by atoms with van der Waals surface area (Å²) in [5, 5.41) is 19.4. The molecule has 214 valence electrons. The number of benzene rings is 4. The lowest BCUT2D eigenvalue weighted by molar-refractivity contribution is -0.117. The number of para-hydroxylation sites is 1. The van der Waals surface area contributed by atoms with Gasteiger partial charge in [0.25, 0.3) is 0 Å². The highest BCUT2D eigenvalue weighted by Gasteiger charge is 2.17. The molecular weight excluding hydrogens is 532 g/mol. The Morgan fingerprint density at radius 1 is 0.786 bits per heavy atom. The predicted octanol–water partition coefficient (Wildman–Crippen LogP) is 5.88. The second-order valence-corrected chi connectivity index (χ2v) is 9.77. The molecular formula is C34H32N2O6. The Labute approximate surface area is 243 Å². The molecule has 5 rings (SSSR count). The number of fused-ring (bicyclic) bond motifs is 1. The standard InChI is InChI=1S/C18H18N2O.C16H14O5/c19-18(21)12-15-13-20(17-9-5-4-8-16(15)17)11-10-14-6-2-1-3-7-14;1-10-13(15(17)18)7-12(8-14(10)16(19)20)21-9-11-5-3-2-4-6-11/h1-9,13H,10-12H2,(H2,19,21);2-8H,9H2,1H3,(H,17,18)(H,19,20). The number of aryl methyl sites for hydroxylation is 2. The molecule has 4 N–H and O–H groups in total. The van der Waals surface area contributed by atoms with Gasteiger partial charge in [0.05, 0.1) is 17.5 Å². The lowest BCUT2D eigenvalue weighted by atomic mass is 10.0. The van der Waals surface area contributed by atoms with E-state index < -0.39 is 11.9 Å². The second kappa shape index (κ2) is 13.8. The first kappa shape index (κ1) is 29.6. The Bertz CT molecular complexity index is 1660. The number of carboxylic acids is 2. The molecule has 8 nitrogen and oxygen atoms in total. The van der Waals surface area contributed by atoms with Gasteiger partial charge in [0.1, 0.15) is 12.4 Å². The molecule has 4 aromatic carbocycles. The van der Waals surface area contributed by atoms with Crippen molar-refractivity contribution in [3.8, 4) is 5.75 Å². The zero-order valence-electron chi connectivity index (χ0n) is 23.2. The van der Waals surface area contributed by atoms with Crippen molar-refractivity contribution in [1.29, 1.82) is 0 Å². The molecule has 1 aromatic heterocycles. The minimum Gasteiger partial charge on any atom is -0.489 e. The summed E-state index contributed by atoms with van der Waals surface area (Å²) in [6, 6.07) is 30.6. The van der Waals surface area contributed by atoms with Crippen molar-refractivity contribution in [2.75, 3.05) is 0 Å². The molecule has 8 heteroatoms. The third-order valence-electron chi connectivity index (χ3n) is 6.81. The molecule has 1 amide bonds. The highest BCUT2D eigenvalue weighted by atomic mass is 16.5. The van der Waals surface area contributed by atoms with Gasteiger partial charge in [0.2, 0.25) is 5.91 Å². The number of ether oxygens (including phenoxy) is 1. The number of aromatic nitrogens is 1. The van der Waals surface area contributed by atoms with Crippen molar-refractivity contribution in [2.24, 2.45) is 5.73 Å². The zero-order valence-corrected chi connectivity index (χ0v) is 23.2. The molecule has 0 saturated carbocycles. The van der Waals surface area contributed by atoms with E-state index in [2.05, 4.69) is 41.1 Å². The van der Waals surface area contributed by atoms with Gasteiger partial charge >= 0.3 is 11.9 Å². The van der Waals surface area contributed by atoms with Crippen molar-refractivity contribution in [3.05, 3.63) is 137 Å². The fourth-order valence-corrected chi connectivity index (χ4v) is 4.69. The summed E-state index contributed by atoms with van der Waals surface area (Å²) >= 11 is 0. The van der Waals surface area contributed by atoms with Crippen molar-refractivity contribution in [3.63, 3.8) is 0 Å². The molecule has 0 fully saturated rings. The van der Waals surface area contributed by atoms with Crippen LogP contribution in [0.1, 0.15) is 43.0 Å². The summed E-state index contributed by atoms with van der Waals surface area (Å²) in [7, 11) is 0. The van der Waals surface area contributed by atoms with E-state index in [0.29, 0.717) is 6.42 Å². The van der Waals surface area contributed by atoms with Gasteiger partial charge in [0.15, 0.2) is 0 Å². The van der Waals surface area contributed by atoms with Gasteiger partial charge in [0, 0.05) is 23.6 Å². The van der Waals surface area contributed by atoms with Crippen molar-refractivity contribution >= 4 is 28.7 Å². The molecule has 0 aliphatic heterocycles. The maximum Gasteiger partial charge on any atom is 0.336 e. The van der Waals surface area contributed by atoms with Gasteiger partial charge in [-0.15, -0.1) is 0 Å². The second-order valence-electron chi connectivity index (χ2n) is 9.77. The summed E-state index contributed by atoms with van der Waals surface area (Å²) in [6.45, 7) is 2.60. The third-order valence-corrected chi connectivity index (χ3v) is 6.81. The van der Waals surface area contributed by atoms with E-state index in [0.717, 1.165) is 35.0 Å². The van der Waals surface area contributed by atoms with E-state index in [1.54, 1.807) is 0 Å². The number of nitrogens with two attached hydrogens (primary N) is 1. The molecule has 0 bridgehead atoms. The molecule has 0 radical (unpaired) electrons. The molecule has 0 unspecified atom stereocenters. The van der Waals surface area contributed by atoms with Crippen LogP contribution in [0.15, 0.2) is 103 Å². The van der Waals surface area contributed by atoms with Crippen LogP contribution in [-0.4, -0.2) is 32.6 Å². The van der Waals surface area contributed by atoms with E-state index in [1.807, 2.05) is 54.6 Å². The number of amides is 1. The number of nitrogens with zero attached hydrogens (tertiary/aromatic N) is 1. The first-order chi connectivity index (χ1) is 20.2. The molecule has 42 heavy (non-hydrogen) atoms. The van der Waals surface area contributed by atoms with Crippen LogP contribution in [0.2, 0.25) is 0 Å². The number of hydrogen-bond donors (Lipinski definition) is 3. The van der Waals surface area contributed by atoms with Crippen LogP contribution in [0.3, 0.4) is 0 Å².